The van der Waals surface area contributed by atoms with E-state index in [9.17, 15) is 8.42 Å². The van der Waals surface area contributed by atoms with Gasteiger partial charge in [-0.1, -0.05) is 17.7 Å². The van der Waals surface area contributed by atoms with Crippen LogP contribution in [0.5, 0.6) is 0 Å². The van der Waals surface area contributed by atoms with Gasteiger partial charge in [-0.2, -0.15) is 0 Å². The predicted molar refractivity (Wildman–Crippen MR) is 128 cm³/mol. The van der Waals surface area contributed by atoms with Gasteiger partial charge in [0.15, 0.2) is 5.96 Å². The van der Waals surface area contributed by atoms with E-state index in [-0.39, 0.29) is 24.0 Å². The second kappa shape index (κ2) is 10.6. The molecule has 1 atom stereocenters. The fraction of sp³-hybridized carbons (Fsp3) is 0.632. The van der Waals surface area contributed by atoms with E-state index in [1.807, 2.05) is 20.8 Å². The highest BCUT2D eigenvalue weighted by molar-refractivity contribution is 14.0. The van der Waals surface area contributed by atoms with Crippen molar-refractivity contribution in [2.24, 2.45) is 4.99 Å². The van der Waals surface area contributed by atoms with Crippen LogP contribution in [0.2, 0.25) is 0 Å². The third-order valence-electron chi connectivity index (χ3n) is 4.37. The molecule has 1 aliphatic heterocycles. The van der Waals surface area contributed by atoms with E-state index in [1.165, 1.54) is 17.5 Å². The lowest BCUT2D eigenvalue weighted by atomic mass is 10.1. The number of sulfonamides is 1. The average Bonchev–Trinajstić information content (AvgIpc) is 3.00. The molecule has 0 spiro atoms. The molecule has 1 aromatic rings. The van der Waals surface area contributed by atoms with Gasteiger partial charge in [-0.25, -0.2) is 13.1 Å². The molecule has 1 saturated heterocycles. The monoisotopic (exact) mass is 523 g/mol. The zero-order valence-electron chi connectivity index (χ0n) is 17.4. The van der Waals surface area contributed by atoms with Crippen molar-refractivity contribution in [2.75, 3.05) is 37.3 Å². The normalized spacial score (nSPS) is 18.0. The van der Waals surface area contributed by atoms with Crippen LogP contribution in [0.15, 0.2) is 29.3 Å². The lowest BCUT2D eigenvalue weighted by molar-refractivity contribution is 0.464. The summed E-state index contributed by atoms with van der Waals surface area (Å²) in [6.07, 6.45) is 2.20. The summed E-state index contributed by atoms with van der Waals surface area (Å²) in [5.74, 6) is 0.719. The Balaban J connectivity index is 0.00000392. The summed E-state index contributed by atoms with van der Waals surface area (Å²) in [4.78, 5) is 6.96. The molecular formula is C19H34IN5O2S. The maximum Gasteiger partial charge on any atom is 0.209 e. The highest BCUT2D eigenvalue weighted by Crippen LogP contribution is 2.20. The molecule has 0 radical (unpaired) electrons. The molecule has 1 aliphatic rings. The summed E-state index contributed by atoms with van der Waals surface area (Å²) < 4.78 is 25.6. The number of benzene rings is 1. The summed E-state index contributed by atoms with van der Waals surface area (Å²) in [5, 5.41) is 6.73. The molecule has 2 rings (SSSR count). The SMILES string of the molecule is CCNC(=NCC(C)(C)NS(C)(=O)=O)NC1CCN(c2ccc(C)cc2)C1.I. The van der Waals surface area contributed by atoms with Gasteiger partial charge in [0, 0.05) is 36.9 Å². The van der Waals surface area contributed by atoms with Gasteiger partial charge in [0.2, 0.25) is 10.0 Å². The van der Waals surface area contributed by atoms with Crippen LogP contribution in [0.3, 0.4) is 0 Å². The van der Waals surface area contributed by atoms with Crippen LogP contribution in [0.25, 0.3) is 0 Å². The molecule has 0 aliphatic carbocycles. The van der Waals surface area contributed by atoms with Gasteiger partial charge in [0.05, 0.1) is 12.8 Å². The number of guanidine groups is 1. The molecule has 9 heteroatoms. The third kappa shape index (κ3) is 8.52. The summed E-state index contributed by atoms with van der Waals surface area (Å²) >= 11 is 0. The largest absolute Gasteiger partial charge is 0.369 e. The minimum Gasteiger partial charge on any atom is -0.369 e. The maximum absolute atomic E-state index is 11.5. The number of hydrogen-bond donors (Lipinski definition) is 3. The zero-order chi connectivity index (χ0) is 20.1. The van der Waals surface area contributed by atoms with Crippen LogP contribution >= 0.6 is 24.0 Å². The van der Waals surface area contributed by atoms with Gasteiger partial charge in [0.25, 0.3) is 0 Å². The number of aliphatic imine (C=N–C) groups is 1. The fourth-order valence-electron chi connectivity index (χ4n) is 3.19. The molecule has 1 unspecified atom stereocenters. The molecule has 3 N–H and O–H groups in total. The van der Waals surface area contributed by atoms with Crippen molar-refractivity contribution in [3.05, 3.63) is 29.8 Å². The molecule has 7 nitrogen and oxygen atoms in total. The maximum atomic E-state index is 11.5. The quantitative estimate of drug-likeness (QED) is 0.290. The number of aryl methyl sites for hydroxylation is 1. The molecule has 1 fully saturated rings. The first-order valence-electron chi connectivity index (χ1n) is 9.43. The van der Waals surface area contributed by atoms with Crippen molar-refractivity contribution in [2.45, 2.75) is 45.7 Å². The Hall–Kier alpha value is -1.07. The topological polar surface area (TPSA) is 85.8 Å². The second-order valence-electron chi connectivity index (χ2n) is 7.86. The summed E-state index contributed by atoms with van der Waals surface area (Å²) in [6, 6.07) is 8.90. The summed E-state index contributed by atoms with van der Waals surface area (Å²) in [7, 11) is -3.27. The molecule has 1 aromatic carbocycles. The number of halogens is 1. The average molecular weight is 523 g/mol. The Morgan fingerprint density at radius 2 is 1.93 bits per heavy atom. The predicted octanol–water partition coefficient (Wildman–Crippen LogP) is 2.07. The molecule has 0 aromatic heterocycles. The molecule has 0 saturated carbocycles. The van der Waals surface area contributed by atoms with Gasteiger partial charge < -0.3 is 15.5 Å². The van der Waals surface area contributed by atoms with Crippen molar-refractivity contribution in [3.63, 3.8) is 0 Å². The summed E-state index contributed by atoms with van der Waals surface area (Å²) in [6.45, 7) is 10.8. The fourth-order valence-corrected chi connectivity index (χ4v) is 4.26. The zero-order valence-corrected chi connectivity index (χ0v) is 20.6. The first kappa shape index (κ1) is 25.0. The van der Waals surface area contributed by atoms with Crippen molar-refractivity contribution >= 4 is 45.6 Å². The van der Waals surface area contributed by atoms with Crippen LogP contribution in [0.4, 0.5) is 5.69 Å². The van der Waals surface area contributed by atoms with E-state index >= 15 is 0 Å². The van der Waals surface area contributed by atoms with Gasteiger partial charge >= 0.3 is 0 Å². The lowest BCUT2D eigenvalue weighted by Gasteiger charge is -2.24. The van der Waals surface area contributed by atoms with Crippen molar-refractivity contribution in [3.8, 4) is 0 Å². The van der Waals surface area contributed by atoms with Gasteiger partial charge in [-0.15, -0.1) is 24.0 Å². The van der Waals surface area contributed by atoms with Crippen LogP contribution in [-0.2, 0) is 10.0 Å². The number of rotatable bonds is 7. The molecule has 160 valence electrons. The number of anilines is 1. The van der Waals surface area contributed by atoms with Crippen LogP contribution in [-0.4, -0.2) is 58.4 Å². The van der Waals surface area contributed by atoms with E-state index in [0.717, 1.165) is 32.0 Å². The first-order chi connectivity index (χ1) is 12.6. The second-order valence-corrected chi connectivity index (χ2v) is 9.61. The highest BCUT2D eigenvalue weighted by Gasteiger charge is 2.25. The summed E-state index contributed by atoms with van der Waals surface area (Å²) in [5.41, 5.74) is 1.87. The molecule has 28 heavy (non-hydrogen) atoms. The smallest absolute Gasteiger partial charge is 0.209 e. The number of hydrogen-bond acceptors (Lipinski definition) is 4. The van der Waals surface area contributed by atoms with E-state index in [4.69, 9.17) is 0 Å². The first-order valence-corrected chi connectivity index (χ1v) is 11.3. The standard InChI is InChI=1S/C19H33N5O2S.HI/c1-6-20-18(21-14-19(3,4)23-27(5,25)26)22-16-11-12-24(13-16)17-9-7-15(2)8-10-17;/h7-10,16,23H,6,11-14H2,1-5H3,(H2,20,21,22);1H. The van der Waals surface area contributed by atoms with Crippen molar-refractivity contribution < 1.29 is 8.42 Å². The Bertz CT molecular complexity index is 750. The van der Waals surface area contributed by atoms with E-state index in [0.29, 0.717) is 12.6 Å². The van der Waals surface area contributed by atoms with Crippen molar-refractivity contribution in [1.29, 1.82) is 0 Å². The van der Waals surface area contributed by atoms with Gasteiger partial charge in [0.1, 0.15) is 0 Å². The molecule has 1 heterocycles. The van der Waals surface area contributed by atoms with Gasteiger partial charge in [-0.3, -0.25) is 4.99 Å². The van der Waals surface area contributed by atoms with E-state index in [1.54, 1.807) is 0 Å². The van der Waals surface area contributed by atoms with Crippen LogP contribution in [0.1, 0.15) is 32.8 Å². The highest BCUT2D eigenvalue weighted by atomic mass is 127. The minimum atomic E-state index is -3.27. The van der Waals surface area contributed by atoms with Crippen molar-refractivity contribution in [1.82, 2.24) is 15.4 Å². The van der Waals surface area contributed by atoms with Gasteiger partial charge in [-0.05, 0) is 46.2 Å². The molecular weight excluding hydrogens is 489 g/mol. The Morgan fingerprint density at radius 1 is 1.29 bits per heavy atom. The minimum absolute atomic E-state index is 0. The Morgan fingerprint density at radius 3 is 2.50 bits per heavy atom. The van der Waals surface area contributed by atoms with E-state index in [2.05, 4.69) is 56.4 Å². The number of nitrogens with one attached hydrogen (secondary N) is 3. The number of nitrogens with zero attached hydrogens (tertiary/aromatic N) is 2. The van der Waals surface area contributed by atoms with Crippen LogP contribution in [0, 0.1) is 6.92 Å². The van der Waals surface area contributed by atoms with E-state index < -0.39 is 15.6 Å². The molecule has 0 amide bonds. The Labute approximate surface area is 186 Å². The van der Waals surface area contributed by atoms with Crippen LogP contribution < -0.4 is 20.3 Å². The lowest BCUT2D eigenvalue weighted by Crippen LogP contribution is -2.48. The Kier molecular flexibility index (Phi) is 9.48. The molecule has 0 bridgehead atoms. The third-order valence-corrected chi connectivity index (χ3v) is 5.29.